The normalized spacial score (nSPS) is 32.0. The van der Waals surface area contributed by atoms with Crippen LogP contribution >= 0.6 is 0 Å². The maximum absolute atomic E-state index is 13.1. The van der Waals surface area contributed by atoms with Crippen LogP contribution in [0.1, 0.15) is 44.9 Å². The molecule has 0 amide bonds. The number of carbonyl (C=O) groups is 1. The summed E-state index contributed by atoms with van der Waals surface area (Å²) in [6.07, 6.45) is 3.57. The number of hydrogen-bond donors (Lipinski definition) is 1. The molecule has 0 saturated heterocycles. The van der Waals surface area contributed by atoms with E-state index in [0.717, 1.165) is 19.3 Å². The van der Waals surface area contributed by atoms with Crippen molar-refractivity contribution in [2.75, 3.05) is 0 Å². The lowest BCUT2D eigenvalue weighted by molar-refractivity contribution is -0.163. The van der Waals surface area contributed by atoms with Crippen LogP contribution in [0.15, 0.2) is 28.8 Å². The average Bonchev–Trinajstić information content (AvgIpc) is 3.07. The quantitative estimate of drug-likeness (QED) is 0.926. The van der Waals surface area contributed by atoms with Gasteiger partial charge in [-0.25, -0.2) is 4.39 Å². The molecule has 1 aromatic carbocycles. The number of halogens is 1. The maximum Gasteiger partial charge on any atom is 0.309 e. The first-order chi connectivity index (χ1) is 11.5. The lowest BCUT2D eigenvalue weighted by Gasteiger charge is -2.53. The summed E-state index contributed by atoms with van der Waals surface area (Å²) in [6, 6.07) is 5.99. The van der Waals surface area contributed by atoms with Crippen LogP contribution in [-0.2, 0) is 10.2 Å². The van der Waals surface area contributed by atoms with Gasteiger partial charge in [0.25, 0.3) is 0 Å². The maximum atomic E-state index is 13.1. The van der Waals surface area contributed by atoms with E-state index in [9.17, 15) is 14.3 Å². The molecule has 2 bridgehead atoms. The number of carboxylic acid groups (broad SMARTS) is 1. The minimum Gasteiger partial charge on any atom is -0.481 e. The second-order valence-corrected chi connectivity index (χ2v) is 7.28. The van der Waals surface area contributed by atoms with Crippen molar-refractivity contribution in [1.29, 1.82) is 0 Å². The summed E-state index contributed by atoms with van der Waals surface area (Å²) in [5.74, 6) is 0.138. The predicted molar refractivity (Wildman–Crippen MR) is 83.7 cm³/mol. The van der Waals surface area contributed by atoms with Gasteiger partial charge in [0.1, 0.15) is 5.82 Å². The molecule has 3 saturated carbocycles. The Morgan fingerprint density at radius 3 is 2.50 bits per heavy atom. The molecule has 5 rings (SSSR count). The molecular formula is C18H19FN2O3. The van der Waals surface area contributed by atoms with Crippen molar-refractivity contribution in [3.8, 4) is 11.4 Å². The van der Waals surface area contributed by atoms with Crippen LogP contribution in [0.4, 0.5) is 4.39 Å². The minimum atomic E-state index is -0.680. The van der Waals surface area contributed by atoms with Gasteiger partial charge in [-0.3, -0.25) is 4.79 Å². The van der Waals surface area contributed by atoms with Gasteiger partial charge >= 0.3 is 5.97 Å². The first-order valence-electron chi connectivity index (χ1n) is 8.29. The monoisotopic (exact) mass is 330 g/mol. The minimum absolute atomic E-state index is 0.0821. The Bertz CT molecular complexity index is 776. The van der Waals surface area contributed by atoms with Gasteiger partial charge in [-0.1, -0.05) is 12.1 Å². The molecule has 1 unspecified atom stereocenters. The summed E-state index contributed by atoms with van der Waals surface area (Å²) in [7, 11) is 0. The summed E-state index contributed by atoms with van der Waals surface area (Å²) in [5, 5.41) is 13.7. The highest BCUT2D eigenvalue weighted by molar-refractivity contribution is 5.75. The smallest absolute Gasteiger partial charge is 0.309 e. The van der Waals surface area contributed by atoms with Crippen LogP contribution in [0.3, 0.4) is 0 Å². The third-order valence-corrected chi connectivity index (χ3v) is 6.15. The molecule has 1 heterocycles. The highest BCUT2D eigenvalue weighted by atomic mass is 19.1. The molecule has 3 aliphatic rings. The first kappa shape index (κ1) is 15.3. The molecule has 3 fully saturated rings. The van der Waals surface area contributed by atoms with Gasteiger partial charge in [-0.15, -0.1) is 0 Å². The highest BCUT2D eigenvalue weighted by Crippen LogP contribution is 2.60. The molecule has 24 heavy (non-hydrogen) atoms. The van der Waals surface area contributed by atoms with Gasteiger partial charge in [0.15, 0.2) is 0 Å². The van der Waals surface area contributed by atoms with Crippen LogP contribution in [0.5, 0.6) is 0 Å². The van der Waals surface area contributed by atoms with Gasteiger partial charge in [0.2, 0.25) is 11.7 Å². The fourth-order valence-corrected chi connectivity index (χ4v) is 4.53. The molecule has 3 aliphatic carbocycles. The number of carboxylic acids is 1. The van der Waals surface area contributed by atoms with Gasteiger partial charge in [-0.2, -0.15) is 4.98 Å². The number of rotatable bonds is 3. The lowest BCUT2D eigenvalue weighted by atomic mass is 9.49. The topological polar surface area (TPSA) is 76.2 Å². The largest absolute Gasteiger partial charge is 0.481 e. The summed E-state index contributed by atoms with van der Waals surface area (Å²) < 4.78 is 18.6. The second-order valence-electron chi connectivity index (χ2n) is 7.28. The van der Waals surface area contributed by atoms with E-state index in [2.05, 4.69) is 10.1 Å². The zero-order chi connectivity index (χ0) is 16.9. The molecule has 2 aromatic rings. The van der Waals surface area contributed by atoms with E-state index in [1.165, 1.54) is 12.1 Å². The Labute approximate surface area is 138 Å². The van der Waals surface area contributed by atoms with E-state index >= 15 is 0 Å². The van der Waals surface area contributed by atoms with E-state index in [0.29, 0.717) is 30.1 Å². The summed E-state index contributed by atoms with van der Waals surface area (Å²) in [6.45, 7) is 2.01. The third-order valence-electron chi connectivity index (χ3n) is 6.15. The van der Waals surface area contributed by atoms with Crippen LogP contribution < -0.4 is 0 Å². The van der Waals surface area contributed by atoms with Crippen LogP contribution in [0, 0.1) is 17.2 Å². The number of aromatic nitrogens is 2. The van der Waals surface area contributed by atoms with Crippen molar-refractivity contribution in [3.63, 3.8) is 0 Å². The molecule has 0 radical (unpaired) electrons. The molecule has 5 nitrogen and oxygen atoms in total. The Morgan fingerprint density at radius 2 is 1.92 bits per heavy atom. The van der Waals surface area contributed by atoms with Crippen LogP contribution in [0.25, 0.3) is 11.4 Å². The fraction of sp³-hybridized carbons (Fsp3) is 0.500. The summed E-state index contributed by atoms with van der Waals surface area (Å²) >= 11 is 0. The lowest BCUT2D eigenvalue weighted by Crippen LogP contribution is -2.53. The molecule has 6 heteroatoms. The number of aliphatic carboxylic acids is 1. The van der Waals surface area contributed by atoms with E-state index in [1.807, 2.05) is 6.92 Å². The molecule has 0 aliphatic heterocycles. The summed E-state index contributed by atoms with van der Waals surface area (Å²) in [4.78, 5) is 16.3. The third kappa shape index (κ3) is 2.08. The van der Waals surface area contributed by atoms with E-state index in [1.54, 1.807) is 12.1 Å². The van der Waals surface area contributed by atoms with Crippen molar-refractivity contribution in [2.45, 2.75) is 44.4 Å². The molecular weight excluding hydrogens is 311 g/mol. The van der Waals surface area contributed by atoms with Gasteiger partial charge < -0.3 is 9.63 Å². The number of benzene rings is 1. The molecule has 0 spiro atoms. The SMILES string of the molecule is CC1CC2(c3nc(-c4ccc(F)cc4)no3)CCC1(C(=O)O)CC2. The van der Waals surface area contributed by atoms with E-state index in [4.69, 9.17) is 4.52 Å². The van der Waals surface area contributed by atoms with Crippen molar-refractivity contribution < 1.29 is 18.8 Å². The van der Waals surface area contributed by atoms with Crippen molar-refractivity contribution >= 4 is 5.97 Å². The first-order valence-corrected chi connectivity index (χ1v) is 8.29. The Morgan fingerprint density at radius 1 is 1.25 bits per heavy atom. The summed E-state index contributed by atoms with van der Waals surface area (Å²) in [5.41, 5.74) is -0.106. The van der Waals surface area contributed by atoms with Crippen molar-refractivity contribution in [1.82, 2.24) is 10.1 Å². The Hall–Kier alpha value is -2.24. The Kier molecular flexibility index (Phi) is 3.27. The fourth-order valence-electron chi connectivity index (χ4n) is 4.53. The molecule has 1 atom stereocenters. The van der Waals surface area contributed by atoms with E-state index in [-0.39, 0.29) is 17.2 Å². The average molecular weight is 330 g/mol. The van der Waals surface area contributed by atoms with Crippen LogP contribution in [0.2, 0.25) is 0 Å². The zero-order valence-electron chi connectivity index (χ0n) is 13.5. The van der Waals surface area contributed by atoms with Crippen molar-refractivity contribution in [2.24, 2.45) is 11.3 Å². The van der Waals surface area contributed by atoms with E-state index < -0.39 is 11.4 Å². The molecule has 1 N–H and O–H groups in total. The second kappa shape index (κ2) is 5.13. The number of hydrogen-bond acceptors (Lipinski definition) is 4. The van der Waals surface area contributed by atoms with Gasteiger partial charge in [-0.05, 0) is 62.3 Å². The molecule has 1 aromatic heterocycles. The van der Waals surface area contributed by atoms with Gasteiger partial charge in [0.05, 0.1) is 10.8 Å². The van der Waals surface area contributed by atoms with Gasteiger partial charge in [0, 0.05) is 5.56 Å². The van der Waals surface area contributed by atoms with Crippen molar-refractivity contribution in [3.05, 3.63) is 36.0 Å². The standard InChI is InChI=1S/C18H19FN2O3/c1-11-10-17(6-8-18(11,9-7-17)16(22)23)15-20-14(21-24-15)12-2-4-13(19)5-3-12/h2-5,11H,6-10H2,1H3,(H,22,23). The predicted octanol–water partition coefficient (Wildman–Crippen LogP) is 3.80. The Balaban J connectivity index is 1.64. The number of fused-ring (bicyclic) bond motifs is 3. The van der Waals surface area contributed by atoms with Crippen LogP contribution in [-0.4, -0.2) is 21.2 Å². The number of nitrogens with zero attached hydrogens (tertiary/aromatic N) is 2. The highest BCUT2D eigenvalue weighted by Gasteiger charge is 2.59. The zero-order valence-corrected chi connectivity index (χ0v) is 13.5. The molecule has 126 valence electrons.